The molecule has 0 aliphatic rings. The van der Waals surface area contributed by atoms with Crippen molar-refractivity contribution in [1.29, 1.82) is 0 Å². The summed E-state index contributed by atoms with van der Waals surface area (Å²) in [4.78, 5) is 12.1. The monoisotopic (exact) mass is 342 g/mol. The van der Waals surface area contributed by atoms with E-state index in [1.807, 2.05) is 31.2 Å². The molecule has 24 heavy (non-hydrogen) atoms. The number of halogens is 1. The van der Waals surface area contributed by atoms with Crippen molar-refractivity contribution in [3.05, 3.63) is 70.6 Å². The zero-order chi connectivity index (χ0) is 17.1. The second kappa shape index (κ2) is 6.84. The maximum absolute atomic E-state index is 12.1. The first-order valence-electron chi connectivity index (χ1n) is 7.40. The molecular weight excluding hydrogens is 328 g/mol. The van der Waals surface area contributed by atoms with Crippen LogP contribution >= 0.6 is 11.6 Å². The van der Waals surface area contributed by atoms with Gasteiger partial charge >= 0.3 is 5.97 Å². The first kappa shape index (κ1) is 16.2. The normalized spacial score (nSPS) is 12.0. The van der Waals surface area contributed by atoms with Crippen LogP contribution in [0.1, 0.15) is 34.8 Å². The molecule has 0 amide bonds. The largest absolute Gasteiger partial charge is 0.449 e. The zero-order valence-corrected chi connectivity index (χ0v) is 13.9. The lowest BCUT2D eigenvalue weighted by Gasteiger charge is -2.09. The Hall–Kier alpha value is -2.66. The number of rotatable bonds is 4. The molecule has 0 unspecified atom stereocenters. The van der Waals surface area contributed by atoms with Gasteiger partial charge in [0, 0.05) is 10.6 Å². The number of esters is 1. The van der Waals surface area contributed by atoms with E-state index in [2.05, 4.69) is 10.2 Å². The molecule has 122 valence electrons. The molecule has 0 radical (unpaired) electrons. The fraction of sp³-hybridized carbons (Fsp3) is 0.167. The minimum Gasteiger partial charge on any atom is -0.449 e. The molecule has 0 bridgehead atoms. The molecule has 0 aliphatic heterocycles. The minimum absolute atomic E-state index is 0.243. The van der Waals surface area contributed by atoms with E-state index < -0.39 is 12.1 Å². The third-order valence-electron chi connectivity index (χ3n) is 3.45. The van der Waals surface area contributed by atoms with Crippen molar-refractivity contribution in [2.45, 2.75) is 20.0 Å². The molecule has 6 heteroatoms. The van der Waals surface area contributed by atoms with E-state index in [-0.39, 0.29) is 5.89 Å². The van der Waals surface area contributed by atoms with Crippen LogP contribution in [0.4, 0.5) is 0 Å². The summed E-state index contributed by atoms with van der Waals surface area (Å²) in [7, 11) is 0. The predicted octanol–water partition coefficient (Wildman–Crippen LogP) is 4.62. The average Bonchev–Trinajstić information content (AvgIpc) is 3.06. The summed E-state index contributed by atoms with van der Waals surface area (Å²) < 4.78 is 11.0. The van der Waals surface area contributed by atoms with Gasteiger partial charge in [-0.1, -0.05) is 29.3 Å². The highest BCUT2D eigenvalue weighted by Gasteiger charge is 2.19. The summed E-state index contributed by atoms with van der Waals surface area (Å²) in [6.45, 7) is 3.68. The van der Waals surface area contributed by atoms with Crippen LogP contribution in [-0.4, -0.2) is 16.2 Å². The van der Waals surface area contributed by atoms with Gasteiger partial charge in [-0.2, -0.15) is 0 Å². The molecule has 1 atom stereocenters. The van der Waals surface area contributed by atoms with Gasteiger partial charge in [0.05, 0.1) is 5.56 Å². The van der Waals surface area contributed by atoms with Gasteiger partial charge in [0.15, 0.2) is 6.10 Å². The highest BCUT2D eigenvalue weighted by Crippen LogP contribution is 2.23. The second-order valence-corrected chi connectivity index (χ2v) is 5.80. The number of nitrogens with zero attached hydrogens (tertiary/aromatic N) is 2. The van der Waals surface area contributed by atoms with Crippen LogP contribution in [0.2, 0.25) is 5.02 Å². The number of hydrogen-bond donors (Lipinski definition) is 0. The lowest BCUT2D eigenvalue weighted by atomic mass is 10.1. The Labute approximate surface area is 144 Å². The van der Waals surface area contributed by atoms with E-state index in [9.17, 15) is 4.79 Å². The van der Waals surface area contributed by atoms with Crippen molar-refractivity contribution in [1.82, 2.24) is 10.2 Å². The molecular formula is C18H15ClN2O3. The smallest absolute Gasteiger partial charge is 0.338 e. The van der Waals surface area contributed by atoms with Crippen LogP contribution in [0.15, 0.2) is 52.9 Å². The van der Waals surface area contributed by atoms with Crippen molar-refractivity contribution >= 4 is 17.6 Å². The molecule has 3 aromatic rings. The summed E-state index contributed by atoms with van der Waals surface area (Å²) in [5.74, 6) is 0.154. The molecule has 0 aliphatic carbocycles. The van der Waals surface area contributed by atoms with E-state index in [0.717, 1.165) is 11.1 Å². The number of hydrogen-bond acceptors (Lipinski definition) is 5. The van der Waals surface area contributed by atoms with Gasteiger partial charge in [-0.05, 0) is 50.2 Å². The Balaban J connectivity index is 1.71. The lowest BCUT2D eigenvalue weighted by molar-refractivity contribution is 0.0280. The van der Waals surface area contributed by atoms with Crippen LogP contribution in [0.5, 0.6) is 0 Å². The maximum Gasteiger partial charge on any atom is 0.338 e. The van der Waals surface area contributed by atoms with E-state index in [1.165, 1.54) is 0 Å². The van der Waals surface area contributed by atoms with Crippen LogP contribution in [0.25, 0.3) is 11.5 Å². The van der Waals surface area contributed by atoms with E-state index in [0.29, 0.717) is 16.5 Å². The second-order valence-electron chi connectivity index (χ2n) is 5.37. The summed E-state index contributed by atoms with van der Waals surface area (Å²) in [6, 6.07) is 14.2. The molecule has 2 aromatic carbocycles. The molecule has 1 heterocycles. The summed E-state index contributed by atoms with van der Waals surface area (Å²) >= 11 is 5.80. The molecule has 0 spiro atoms. The Morgan fingerprint density at radius 2 is 1.75 bits per heavy atom. The van der Waals surface area contributed by atoms with Crippen molar-refractivity contribution in [3.8, 4) is 11.5 Å². The van der Waals surface area contributed by atoms with Crippen molar-refractivity contribution in [2.24, 2.45) is 0 Å². The van der Waals surface area contributed by atoms with Gasteiger partial charge in [-0.15, -0.1) is 10.2 Å². The standard InChI is InChI=1S/C18H15ClN2O3/c1-11-3-5-13(6-4-11)17-21-20-16(24-17)12(2)23-18(22)14-7-9-15(19)10-8-14/h3-10,12H,1-2H3/t12-/m1/s1. The summed E-state index contributed by atoms with van der Waals surface area (Å²) in [6.07, 6.45) is -0.653. The minimum atomic E-state index is -0.653. The number of ether oxygens (including phenoxy) is 1. The van der Waals surface area contributed by atoms with Gasteiger partial charge < -0.3 is 9.15 Å². The molecule has 0 fully saturated rings. The quantitative estimate of drug-likeness (QED) is 0.647. The van der Waals surface area contributed by atoms with E-state index in [4.69, 9.17) is 20.8 Å². The zero-order valence-electron chi connectivity index (χ0n) is 13.2. The predicted molar refractivity (Wildman–Crippen MR) is 89.8 cm³/mol. The fourth-order valence-electron chi connectivity index (χ4n) is 2.08. The third-order valence-corrected chi connectivity index (χ3v) is 3.70. The number of carbonyl (C=O) groups excluding carboxylic acids is 1. The van der Waals surface area contributed by atoms with Crippen molar-refractivity contribution in [2.75, 3.05) is 0 Å². The number of aromatic nitrogens is 2. The van der Waals surface area contributed by atoms with E-state index in [1.54, 1.807) is 31.2 Å². The third kappa shape index (κ3) is 3.63. The molecule has 1 aromatic heterocycles. The average molecular weight is 343 g/mol. The summed E-state index contributed by atoms with van der Waals surface area (Å²) in [5, 5.41) is 8.52. The molecule has 0 saturated heterocycles. The van der Waals surface area contributed by atoms with Gasteiger partial charge in [-0.25, -0.2) is 4.79 Å². The van der Waals surface area contributed by atoms with E-state index >= 15 is 0 Å². The summed E-state index contributed by atoms with van der Waals surface area (Å²) in [5.41, 5.74) is 2.36. The Morgan fingerprint density at radius 3 is 2.42 bits per heavy atom. The van der Waals surface area contributed by atoms with Crippen molar-refractivity contribution < 1.29 is 13.9 Å². The number of aryl methyl sites for hydroxylation is 1. The van der Waals surface area contributed by atoms with Gasteiger partial charge in [-0.3, -0.25) is 0 Å². The Morgan fingerprint density at radius 1 is 1.08 bits per heavy atom. The Kier molecular flexibility index (Phi) is 4.62. The fourth-order valence-corrected chi connectivity index (χ4v) is 2.20. The van der Waals surface area contributed by atoms with Crippen LogP contribution in [0.3, 0.4) is 0 Å². The van der Waals surface area contributed by atoms with Gasteiger partial charge in [0.1, 0.15) is 0 Å². The van der Waals surface area contributed by atoms with Gasteiger partial charge in [0.25, 0.3) is 5.89 Å². The topological polar surface area (TPSA) is 65.2 Å². The first-order valence-corrected chi connectivity index (χ1v) is 7.78. The Bertz CT molecular complexity index is 841. The number of benzene rings is 2. The van der Waals surface area contributed by atoms with Gasteiger partial charge in [0.2, 0.25) is 5.89 Å². The van der Waals surface area contributed by atoms with Crippen LogP contribution in [-0.2, 0) is 4.74 Å². The SMILES string of the molecule is Cc1ccc(-c2nnc([C@@H](C)OC(=O)c3ccc(Cl)cc3)o2)cc1. The van der Waals surface area contributed by atoms with Crippen LogP contribution < -0.4 is 0 Å². The molecule has 0 N–H and O–H groups in total. The highest BCUT2D eigenvalue weighted by molar-refractivity contribution is 6.30. The molecule has 5 nitrogen and oxygen atoms in total. The van der Waals surface area contributed by atoms with Crippen LogP contribution in [0, 0.1) is 6.92 Å². The number of carbonyl (C=O) groups is 1. The van der Waals surface area contributed by atoms with Crippen molar-refractivity contribution in [3.63, 3.8) is 0 Å². The lowest BCUT2D eigenvalue weighted by Crippen LogP contribution is -2.09. The molecule has 0 saturated carbocycles. The highest BCUT2D eigenvalue weighted by atomic mass is 35.5. The maximum atomic E-state index is 12.1. The molecule has 3 rings (SSSR count). The first-order chi connectivity index (χ1) is 11.5.